The average Bonchev–Trinajstić information content (AvgIpc) is 3.10. The first kappa shape index (κ1) is 19.4. The topological polar surface area (TPSA) is 52.7 Å². The van der Waals surface area contributed by atoms with Crippen LogP contribution in [0, 0.1) is 0 Å². The van der Waals surface area contributed by atoms with Gasteiger partial charge in [-0.3, -0.25) is 14.5 Å². The monoisotopic (exact) mass is 385 g/mol. The van der Waals surface area contributed by atoms with E-state index in [4.69, 9.17) is 11.6 Å². The van der Waals surface area contributed by atoms with Gasteiger partial charge in [-0.25, -0.2) is 0 Å². The second-order valence-corrected chi connectivity index (χ2v) is 7.44. The number of hydrogen-bond acceptors (Lipinski definition) is 3. The summed E-state index contributed by atoms with van der Waals surface area (Å²) in [6.07, 6.45) is 2.11. The van der Waals surface area contributed by atoms with Crippen LogP contribution in [0.4, 0.5) is 5.69 Å². The van der Waals surface area contributed by atoms with Crippen molar-refractivity contribution in [3.63, 3.8) is 0 Å². The first-order chi connectivity index (χ1) is 12.9. The summed E-state index contributed by atoms with van der Waals surface area (Å²) in [6.45, 7) is 1.24. The second kappa shape index (κ2) is 8.55. The molecular formula is C21H24ClN3O2. The van der Waals surface area contributed by atoms with Crippen molar-refractivity contribution in [2.45, 2.75) is 18.9 Å². The van der Waals surface area contributed by atoms with Crippen LogP contribution < -0.4 is 5.32 Å². The number of benzene rings is 2. The molecule has 1 fully saturated rings. The number of anilines is 1. The molecule has 3 rings (SSSR count). The number of amides is 2. The molecule has 1 heterocycles. The third-order valence-corrected chi connectivity index (χ3v) is 5.04. The lowest BCUT2D eigenvalue weighted by molar-refractivity contribution is -0.117. The van der Waals surface area contributed by atoms with Crippen LogP contribution in [0.2, 0.25) is 5.02 Å². The predicted octanol–water partition coefficient (Wildman–Crippen LogP) is 3.82. The number of carbonyl (C=O) groups excluding carboxylic acids is 2. The Morgan fingerprint density at radius 2 is 1.78 bits per heavy atom. The molecule has 0 spiro atoms. The Balaban J connectivity index is 1.60. The van der Waals surface area contributed by atoms with E-state index in [1.807, 2.05) is 24.3 Å². The van der Waals surface area contributed by atoms with E-state index in [9.17, 15) is 9.59 Å². The Morgan fingerprint density at radius 1 is 1.11 bits per heavy atom. The molecule has 1 saturated heterocycles. The largest absolute Gasteiger partial charge is 0.345 e. The van der Waals surface area contributed by atoms with E-state index in [-0.39, 0.29) is 17.9 Å². The fraction of sp³-hybridized carbons (Fsp3) is 0.333. The lowest BCUT2D eigenvalue weighted by Gasteiger charge is -2.24. The van der Waals surface area contributed by atoms with E-state index in [1.165, 1.54) is 10.5 Å². The lowest BCUT2D eigenvalue weighted by atomic mass is 10.0. The predicted molar refractivity (Wildman–Crippen MR) is 108 cm³/mol. The molecule has 1 aliphatic heterocycles. The van der Waals surface area contributed by atoms with Crippen molar-refractivity contribution in [1.29, 1.82) is 0 Å². The molecule has 2 amide bonds. The van der Waals surface area contributed by atoms with E-state index >= 15 is 0 Å². The zero-order valence-electron chi connectivity index (χ0n) is 15.6. The van der Waals surface area contributed by atoms with Crippen LogP contribution in [0.1, 0.15) is 34.8 Å². The lowest BCUT2D eigenvalue weighted by Crippen LogP contribution is -2.33. The maximum Gasteiger partial charge on any atom is 0.253 e. The van der Waals surface area contributed by atoms with E-state index in [2.05, 4.69) is 10.2 Å². The van der Waals surface area contributed by atoms with Crippen molar-refractivity contribution in [1.82, 2.24) is 9.80 Å². The van der Waals surface area contributed by atoms with Crippen LogP contribution in [-0.4, -0.2) is 48.8 Å². The SMILES string of the molecule is CN(C)C(=O)c1ccc(NC(=O)CN2CCC[C@H]2c2ccc(Cl)cc2)cc1. The minimum atomic E-state index is -0.0595. The molecule has 27 heavy (non-hydrogen) atoms. The van der Waals surface area contributed by atoms with Crippen molar-refractivity contribution in [2.24, 2.45) is 0 Å². The Kier molecular flexibility index (Phi) is 6.14. The smallest absolute Gasteiger partial charge is 0.253 e. The highest BCUT2D eigenvalue weighted by Crippen LogP contribution is 2.32. The number of hydrogen-bond donors (Lipinski definition) is 1. The maximum atomic E-state index is 12.5. The van der Waals surface area contributed by atoms with Gasteiger partial charge in [0.25, 0.3) is 5.91 Å². The van der Waals surface area contributed by atoms with Gasteiger partial charge < -0.3 is 10.2 Å². The summed E-state index contributed by atoms with van der Waals surface area (Å²) >= 11 is 5.98. The molecule has 2 aromatic rings. The number of nitrogens with zero attached hydrogens (tertiary/aromatic N) is 2. The molecule has 1 N–H and O–H groups in total. The van der Waals surface area contributed by atoms with E-state index in [1.54, 1.807) is 38.4 Å². The highest BCUT2D eigenvalue weighted by Gasteiger charge is 2.27. The van der Waals surface area contributed by atoms with E-state index in [0.29, 0.717) is 17.8 Å². The number of likely N-dealkylation sites (tertiary alicyclic amines) is 1. The molecular weight excluding hydrogens is 362 g/mol. The normalized spacial score (nSPS) is 16.9. The summed E-state index contributed by atoms with van der Waals surface area (Å²) < 4.78 is 0. The summed E-state index contributed by atoms with van der Waals surface area (Å²) in [6, 6.07) is 15.1. The molecule has 0 aliphatic carbocycles. The summed E-state index contributed by atoms with van der Waals surface area (Å²) in [7, 11) is 3.43. The van der Waals surface area contributed by atoms with Gasteiger partial charge in [-0.2, -0.15) is 0 Å². The van der Waals surface area contributed by atoms with Gasteiger partial charge in [-0.15, -0.1) is 0 Å². The van der Waals surface area contributed by atoms with Gasteiger partial charge in [-0.1, -0.05) is 23.7 Å². The van der Waals surface area contributed by atoms with Crippen molar-refractivity contribution >= 4 is 29.1 Å². The Morgan fingerprint density at radius 3 is 2.41 bits per heavy atom. The van der Waals surface area contributed by atoms with Gasteiger partial charge in [0.05, 0.1) is 6.54 Å². The Bertz CT molecular complexity index is 803. The number of rotatable bonds is 5. The van der Waals surface area contributed by atoms with Gasteiger partial charge in [0.2, 0.25) is 5.91 Å². The standard InChI is InChI=1S/C21H24ClN3O2/c1-24(2)21(27)16-7-11-18(12-8-16)23-20(26)14-25-13-3-4-19(25)15-5-9-17(22)10-6-15/h5-12,19H,3-4,13-14H2,1-2H3,(H,23,26)/t19-/m0/s1. The molecule has 142 valence electrons. The molecule has 2 aromatic carbocycles. The average molecular weight is 386 g/mol. The highest BCUT2D eigenvalue weighted by atomic mass is 35.5. The third-order valence-electron chi connectivity index (χ3n) is 4.79. The zero-order valence-corrected chi connectivity index (χ0v) is 16.4. The van der Waals surface area contributed by atoms with Crippen molar-refractivity contribution in [2.75, 3.05) is 32.5 Å². The van der Waals surface area contributed by atoms with Crippen LogP contribution >= 0.6 is 11.6 Å². The second-order valence-electron chi connectivity index (χ2n) is 7.01. The molecule has 0 aromatic heterocycles. The van der Waals surface area contributed by atoms with Crippen LogP contribution in [0.15, 0.2) is 48.5 Å². The van der Waals surface area contributed by atoms with Crippen molar-refractivity contribution < 1.29 is 9.59 Å². The van der Waals surface area contributed by atoms with Gasteiger partial charge in [0.1, 0.15) is 0 Å². The number of halogens is 1. The maximum absolute atomic E-state index is 12.5. The van der Waals surface area contributed by atoms with Crippen LogP contribution in [0.3, 0.4) is 0 Å². The summed E-state index contributed by atoms with van der Waals surface area (Å²) in [5.74, 6) is -0.113. The molecule has 1 atom stereocenters. The molecule has 0 radical (unpaired) electrons. The van der Waals surface area contributed by atoms with Crippen molar-refractivity contribution in [3.8, 4) is 0 Å². The quantitative estimate of drug-likeness (QED) is 0.851. The van der Waals surface area contributed by atoms with Gasteiger partial charge in [0, 0.05) is 36.4 Å². The molecule has 0 bridgehead atoms. The first-order valence-corrected chi connectivity index (χ1v) is 9.43. The van der Waals surface area contributed by atoms with E-state index < -0.39 is 0 Å². The van der Waals surface area contributed by atoms with E-state index in [0.717, 1.165) is 24.4 Å². The number of carbonyl (C=O) groups is 2. The molecule has 0 saturated carbocycles. The van der Waals surface area contributed by atoms with Gasteiger partial charge in [-0.05, 0) is 61.3 Å². The number of nitrogens with one attached hydrogen (secondary N) is 1. The minimum Gasteiger partial charge on any atom is -0.345 e. The molecule has 0 unspecified atom stereocenters. The Hall–Kier alpha value is -2.37. The van der Waals surface area contributed by atoms with Crippen LogP contribution in [-0.2, 0) is 4.79 Å². The molecule has 6 heteroatoms. The van der Waals surface area contributed by atoms with Crippen LogP contribution in [0.25, 0.3) is 0 Å². The summed E-state index contributed by atoms with van der Waals surface area (Å²) in [5, 5.41) is 3.64. The van der Waals surface area contributed by atoms with Gasteiger partial charge >= 0.3 is 0 Å². The van der Waals surface area contributed by atoms with Gasteiger partial charge in [0.15, 0.2) is 0 Å². The molecule has 5 nitrogen and oxygen atoms in total. The van der Waals surface area contributed by atoms with Crippen molar-refractivity contribution in [3.05, 3.63) is 64.7 Å². The Labute approximate surface area is 164 Å². The molecule has 1 aliphatic rings. The summed E-state index contributed by atoms with van der Waals surface area (Å²) in [5.41, 5.74) is 2.48. The third kappa shape index (κ3) is 4.87. The minimum absolute atomic E-state index is 0.0532. The fourth-order valence-corrected chi connectivity index (χ4v) is 3.54. The zero-order chi connectivity index (χ0) is 19.4. The highest BCUT2D eigenvalue weighted by molar-refractivity contribution is 6.30. The first-order valence-electron chi connectivity index (χ1n) is 9.05. The van der Waals surface area contributed by atoms with Crippen LogP contribution in [0.5, 0.6) is 0 Å². The summed E-state index contributed by atoms with van der Waals surface area (Å²) in [4.78, 5) is 28.1. The fourth-order valence-electron chi connectivity index (χ4n) is 3.42.